The predicted molar refractivity (Wildman–Crippen MR) is 90.7 cm³/mol. The fraction of sp³-hybridized carbons (Fsp3) is 0.353. The first-order valence-corrected chi connectivity index (χ1v) is 7.80. The van der Waals surface area contributed by atoms with Crippen LogP contribution in [0.5, 0.6) is 5.75 Å². The molecule has 3 rings (SSSR count). The van der Waals surface area contributed by atoms with E-state index in [1.807, 2.05) is 24.0 Å². The molecule has 1 N–H and O–H groups in total. The summed E-state index contributed by atoms with van der Waals surface area (Å²) in [6, 6.07) is 8.94. The summed E-state index contributed by atoms with van der Waals surface area (Å²) in [6.45, 7) is 4.57. The number of amides is 1. The van der Waals surface area contributed by atoms with Gasteiger partial charge in [-0.3, -0.25) is 4.79 Å². The summed E-state index contributed by atoms with van der Waals surface area (Å²) >= 11 is 0. The van der Waals surface area contributed by atoms with E-state index >= 15 is 0 Å². The molecule has 1 aromatic heterocycles. The van der Waals surface area contributed by atoms with Gasteiger partial charge in [0, 0.05) is 18.8 Å². The molecule has 126 valence electrons. The smallest absolute Gasteiger partial charge is 0.274 e. The maximum absolute atomic E-state index is 12.6. The van der Waals surface area contributed by atoms with Crippen LogP contribution in [0.25, 0.3) is 0 Å². The zero-order valence-electron chi connectivity index (χ0n) is 13.8. The topological polar surface area (TPSA) is 76.6 Å². The van der Waals surface area contributed by atoms with Crippen LogP contribution >= 0.6 is 0 Å². The first kappa shape index (κ1) is 16.2. The Hall–Kier alpha value is -2.67. The van der Waals surface area contributed by atoms with Crippen LogP contribution in [0.15, 0.2) is 30.3 Å². The maximum Gasteiger partial charge on any atom is 0.274 e. The van der Waals surface area contributed by atoms with Gasteiger partial charge in [-0.2, -0.15) is 0 Å². The van der Waals surface area contributed by atoms with Crippen LogP contribution in [0.3, 0.4) is 0 Å². The molecule has 7 heteroatoms. The monoisotopic (exact) mass is 328 g/mol. The number of nitrogens with zero attached hydrogens (tertiary/aromatic N) is 3. The molecule has 1 saturated heterocycles. The summed E-state index contributed by atoms with van der Waals surface area (Å²) in [4.78, 5) is 23.4. The van der Waals surface area contributed by atoms with Gasteiger partial charge in [0.2, 0.25) is 5.95 Å². The van der Waals surface area contributed by atoms with E-state index < -0.39 is 0 Å². The van der Waals surface area contributed by atoms with Crippen molar-refractivity contribution in [3.63, 3.8) is 0 Å². The van der Waals surface area contributed by atoms with Crippen LogP contribution in [0.2, 0.25) is 0 Å². The van der Waals surface area contributed by atoms with Crippen molar-refractivity contribution >= 4 is 17.5 Å². The number of para-hydroxylation sites is 2. The molecule has 0 saturated carbocycles. The third-order valence-electron chi connectivity index (χ3n) is 3.72. The second-order valence-electron chi connectivity index (χ2n) is 5.45. The van der Waals surface area contributed by atoms with Crippen molar-refractivity contribution in [2.24, 2.45) is 0 Å². The number of rotatable bonds is 4. The second kappa shape index (κ2) is 7.27. The lowest BCUT2D eigenvalue weighted by atomic mass is 10.2. The molecule has 1 aliphatic heterocycles. The number of morpholine rings is 1. The number of aryl methyl sites for hydroxylation is 1. The molecular weight excluding hydrogens is 308 g/mol. The Labute approximate surface area is 140 Å². The van der Waals surface area contributed by atoms with Crippen LogP contribution in [-0.2, 0) is 4.74 Å². The van der Waals surface area contributed by atoms with E-state index in [-0.39, 0.29) is 5.91 Å². The lowest BCUT2D eigenvalue weighted by molar-refractivity contribution is 0.102. The van der Waals surface area contributed by atoms with Crippen LogP contribution < -0.4 is 15.0 Å². The van der Waals surface area contributed by atoms with Gasteiger partial charge >= 0.3 is 0 Å². The normalized spacial score (nSPS) is 14.3. The van der Waals surface area contributed by atoms with Gasteiger partial charge in [0.1, 0.15) is 11.4 Å². The number of benzene rings is 1. The van der Waals surface area contributed by atoms with Gasteiger partial charge in [0.25, 0.3) is 5.91 Å². The van der Waals surface area contributed by atoms with Crippen LogP contribution in [-0.4, -0.2) is 49.3 Å². The largest absolute Gasteiger partial charge is 0.495 e. The van der Waals surface area contributed by atoms with Gasteiger partial charge < -0.3 is 19.7 Å². The first-order chi connectivity index (χ1) is 11.7. The number of ether oxygens (including phenoxy) is 2. The lowest BCUT2D eigenvalue weighted by Crippen LogP contribution is -2.37. The second-order valence-corrected chi connectivity index (χ2v) is 5.45. The SMILES string of the molecule is COc1ccccc1NC(=O)c1cc(C)nc(N2CCOCC2)n1. The van der Waals surface area contributed by atoms with E-state index in [0.29, 0.717) is 36.3 Å². The highest BCUT2D eigenvalue weighted by molar-refractivity contribution is 6.03. The minimum Gasteiger partial charge on any atom is -0.495 e. The van der Waals surface area contributed by atoms with Crippen molar-refractivity contribution in [2.45, 2.75) is 6.92 Å². The Kier molecular flexibility index (Phi) is 4.90. The molecule has 2 heterocycles. The lowest BCUT2D eigenvalue weighted by Gasteiger charge is -2.27. The summed E-state index contributed by atoms with van der Waals surface area (Å²) in [5.41, 5.74) is 1.68. The quantitative estimate of drug-likeness (QED) is 0.923. The fourth-order valence-electron chi connectivity index (χ4n) is 2.51. The molecular formula is C17H20N4O3. The zero-order chi connectivity index (χ0) is 16.9. The Bertz CT molecular complexity index is 730. The fourth-order valence-corrected chi connectivity index (χ4v) is 2.51. The van der Waals surface area contributed by atoms with Gasteiger partial charge in [-0.25, -0.2) is 9.97 Å². The van der Waals surface area contributed by atoms with Crippen LogP contribution in [0, 0.1) is 6.92 Å². The van der Waals surface area contributed by atoms with Gasteiger partial charge in [0.15, 0.2) is 0 Å². The van der Waals surface area contributed by atoms with E-state index in [2.05, 4.69) is 15.3 Å². The van der Waals surface area contributed by atoms with Crippen molar-refractivity contribution in [1.29, 1.82) is 0 Å². The van der Waals surface area contributed by atoms with E-state index in [1.165, 1.54) is 0 Å². The maximum atomic E-state index is 12.6. The third-order valence-corrected chi connectivity index (χ3v) is 3.72. The molecule has 7 nitrogen and oxygen atoms in total. The predicted octanol–water partition coefficient (Wildman–Crippen LogP) is 1.88. The molecule has 1 fully saturated rings. The van der Waals surface area contributed by atoms with E-state index in [0.717, 1.165) is 18.8 Å². The highest BCUT2D eigenvalue weighted by Gasteiger charge is 2.18. The number of carbonyl (C=O) groups is 1. The third kappa shape index (κ3) is 3.62. The summed E-state index contributed by atoms with van der Waals surface area (Å²) in [5.74, 6) is 0.869. The highest BCUT2D eigenvalue weighted by Crippen LogP contribution is 2.23. The number of hydrogen-bond acceptors (Lipinski definition) is 6. The molecule has 24 heavy (non-hydrogen) atoms. The first-order valence-electron chi connectivity index (χ1n) is 7.80. The molecule has 2 aromatic rings. The van der Waals surface area contributed by atoms with Crippen molar-refractivity contribution in [3.05, 3.63) is 41.7 Å². The molecule has 0 aliphatic carbocycles. The van der Waals surface area contributed by atoms with Gasteiger partial charge in [-0.1, -0.05) is 12.1 Å². The van der Waals surface area contributed by atoms with Crippen LogP contribution in [0.4, 0.5) is 11.6 Å². The zero-order valence-corrected chi connectivity index (χ0v) is 13.8. The molecule has 0 bridgehead atoms. The molecule has 1 aromatic carbocycles. The van der Waals surface area contributed by atoms with Crippen molar-refractivity contribution in [3.8, 4) is 5.75 Å². The molecule has 1 amide bonds. The molecule has 0 radical (unpaired) electrons. The Morgan fingerprint density at radius 1 is 1.25 bits per heavy atom. The number of carbonyl (C=O) groups excluding carboxylic acids is 1. The average Bonchev–Trinajstić information content (AvgIpc) is 2.62. The average molecular weight is 328 g/mol. The van der Waals surface area contributed by atoms with Gasteiger partial charge in [-0.05, 0) is 25.1 Å². The summed E-state index contributed by atoms with van der Waals surface area (Å²) in [7, 11) is 1.57. The molecule has 1 aliphatic rings. The Morgan fingerprint density at radius 3 is 2.75 bits per heavy atom. The summed E-state index contributed by atoms with van der Waals surface area (Å²) in [6.07, 6.45) is 0. The molecule has 0 unspecified atom stereocenters. The number of anilines is 2. The number of methoxy groups -OCH3 is 1. The van der Waals surface area contributed by atoms with E-state index in [4.69, 9.17) is 9.47 Å². The van der Waals surface area contributed by atoms with Crippen molar-refractivity contribution < 1.29 is 14.3 Å². The van der Waals surface area contributed by atoms with Gasteiger partial charge in [-0.15, -0.1) is 0 Å². The van der Waals surface area contributed by atoms with Crippen molar-refractivity contribution in [2.75, 3.05) is 43.6 Å². The molecule has 0 atom stereocenters. The summed E-state index contributed by atoms with van der Waals surface area (Å²) in [5, 5.41) is 2.84. The number of hydrogen-bond donors (Lipinski definition) is 1. The van der Waals surface area contributed by atoms with Gasteiger partial charge in [0.05, 0.1) is 26.0 Å². The Balaban J connectivity index is 1.83. The summed E-state index contributed by atoms with van der Waals surface area (Å²) < 4.78 is 10.6. The highest BCUT2D eigenvalue weighted by atomic mass is 16.5. The minimum absolute atomic E-state index is 0.292. The van der Waals surface area contributed by atoms with Crippen molar-refractivity contribution in [1.82, 2.24) is 9.97 Å². The molecule has 0 spiro atoms. The number of aromatic nitrogens is 2. The van der Waals surface area contributed by atoms with E-state index in [9.17, 15) is 4.79 Å². The minimum atomic E-state index is -0.292. The standard InChI is InChI=1S/C17H20N4O3/c1-12-11-14(20-17(18-12)21-7-9-24-10-8-21)16(22)19-13-5-3-4-6-15(13)23-2/h3-6,11H,7-10H2,1-2H3,(H,19,22). The van der Waals surface area contributed by atoms with E-state index in [1.54, 1.807) is 25.3 Å². The Morgan fingerprint density at radius 2 is 2.00 bits per heavy atom. The van der Waals surface area contributed by atoms with Crippen LogP contribution in [0.1, 0.15) is 16.2 Å². The number of nitrogens with one attached hydrogen (secondary N) is 1.